The summed E-state index contributed by atoms with van der Waals surface area (Å²) in [7, 11) is 0. The first kappa shape index (κ1) is 18.2. The first-order valence-corrected chi connectivity index (χ1v) is 9.02. The van der Waals surface area contributed by atoms with Crippen LogP contribution >= 0.6 is 0 Å². The van der Waals surface area contributed by atoms with Crippen LogP contribution in [-0.4, -0.2) is 40.5 Å². The maximum atomic E-state index is 12.4. The molecule has 1 amide bonds. The van der Waals surface area contributed by atoms with Gasteiger partial charge >= 0.3 is 11.7 Å². The Morgan fingerprint density at radius 3 is 2.69 bits per heavy atom. The molecule has 140 valence electrons. The van der Waals surface area contributed by atoms with E-state index >= 15 is 0 Å². The van der Waals surface area contributed by atoms with Crippen molar-refractivity contribution in [3.8, 4) is 0 Å². The Labute approximate surface area is 151 Å². The highest BCUT2D eigenvalue weighted by atomic mass is 16.5. The Balaban J connectivity index is 1.54. The fourth-order valence-electron chi connectivity index (χ4n) is 3.22. The van der Waals surface area contributed by atoms with Crippen molar-refractivity contribution >= 4 is 23.0 Å². The molecule has 1 aliphatic rings. The predicted molar refractivity (Wildman–Crippen MR) is 95.6 cm³/mol. The van der Waals surface area contributed by atoms with Gasteiger partial charge in [-0.15, -0.1) is 0 Å². The third kappa shape index (κ3) is 3.98. The predicted octanol–water partition coefficient (Wildman–Crippen LogP) is 2.17. The zero-order chi connectivity index (χ0) is 18.7. The van der Waals surface area contributed by atoms with Crippen molar-refractivity contribution in [3.63, 3.8) is 0 Å². The van der Waals surface area contributed by atoms with Crippen molar-refractivity contribution in [2.45, 2.75) is 45.8 Å². The maximum Gasteiger partial charge on any atom is 0.419 e. The fourth-order valence-corrected chi connectivity index (χ4v) is 3.22. The highest BCUT2D eigenvalue weighted by Gasteiger charge is 2.26. The topological polar surface area (TPSA) is 81.8 Å². The molecular formula is C19H24N2O5. The molecule has 1 saturated heterocycles. The van der Waals surface area contributed by atoms with Gasteiger partial charge in [-0.05, 0) is 37.8 Å². The SMILES string of the molecule is CC1CCN(C(=O)[C@H](C)OC(=O)CCn2c(=O)oc3ccccc32)CC1. The van der Waals surface area contributed by atoms with E-state index in [0.29, 0.717) is 30.1 Å². The Bertz CT molecular complexity index is 845. The molecule has 0 spiro atoms. The molecule has 7 heteroatoms. The second-order valence-electron chi connectivity index (χ2n) is 6.88. The lowest BCUT2D eigenvalue weighted by molar-refractivity contribution is -0.159. The number of benzene rings is 1. The minimum absolute atomic E-state index is 0.00190. The number of nitrogens with zero attached hydrogens (tertiary/aromatic N) is 2. The van der Waals surface area contributed by atoms with Crippen molar-refractivity contribution in [1.82, 2.24) is 9.47 Å². The summed E-state index contributed by atoms with van der Waals surface area (Å²) in [6, 6.07) is 7.03. The average molecular weight is 360 g/mol. The van der Waals surface area contributed by atoms with Gasteiger partial charge in [0, 0.05) is 19.6 Å². The molecule has 0 aliphatic carbocycles. The number of esters is 1. The Morgan fingerprint density at radius 2 is 1.96 bits per heavy atom. The monoisotopic (exact) mass is 360 g/mol. The third-order valence-corrected chi connectivity index (χ3v) is 4.86. The van der Waals surface area contributed by atoms with E-state index in [4.69, 9.17) is 9.15 Å². The first-order chi connectivity index (χ1) is 12.5. The van der Waals surface area contributed by atoms with E-state index in [1.807, 2.05) is 0 Å². The minimum Gasteiger partial charge on any atom is -0.452 e. The van der Waals surface area contributed by atoms with Gasteiger partial charge in [-0.2, -0.15) is 0 Å². The van der Waals surface area contributed by atoms with Gasteiger partial charge in [0.1, 0.15) is 0 Å². The summed E-state index contributed by atoms with van der Waals surface area (Å²) in [5.41, 5.74) is 1.12. The second-order valence-corrected chi connectivity index (χ2v) is 6.88. The summed E-state index contributed by atoms with van der Waals surface area (Å²) in [6.45, 7) is 5.33. The lowest BCUT2D eigenvalue weighted by atomic mass is 9.99. The van der Waals surface area contributed by atoms with E-state index in [1.54, 1.807) is 36.1 Å². The first-order valence-electron chi connectivity index (χ1n) is 9.02. The van der Waals surface area contributed by atoms with E-state index in [9.17, 15) is 14.4 Å². The number of piperidine rings is 1. The molecule has 1 fully saturated rings. The highest BCUT2D eigenvalue weighted by molar-refractivity contribution is 5.83. The molecule has 0 unspecified atom stereocenters. The number of likely N-dealkylation sites (tertiary alicyclic amines) is 1. The summed E-state index contributed by atoms with van der Waals surface area (Å²) in [6.07, 6.45) is 1.14. The molecule has 1 aromatic heterocycles. The van der Waals surface area contributed by atoms with E-state index in [1.165, 1.54) is 4.57 Å². The molecular weight excluding hydrogens is 336 g/mol. The average Bonchev–Trinajstić information content (AvgIpc) is 2.95. The number of amides is 1. The van der Waals surface area contributed by atoms with Crippen LogP contribution in [-0.2, 0) is 20.9 Å². The van der Waals surface area contributed by atoms with Crippen molar-refractivity contribution in [1.29, 1.82) is 0 Å². The van der Waals surface area contributed by atoms with Crippen LogP contribution in [0.3, 0.4) is 0 Å². The van der Waals surface area contributed by atoms with E-state index < -0.39 is 17.8 Å². The molecule has 1 atom stereocenters. The molecule has 3 rings (SSSR count). The van der Waals surface area contributed by atoms with Crippen LogP contribution in [0.15, 0.2) is 33.5 Å². The molecule has 7 nitrogen and oxygen atoms in total. The van der Waals surface area contributed by atoms with Crippen LogP contribution in [0.25, 0.3) is 11.1 Å². The summed E-state index contributed by atoms with van der Waals surface area (Å²) < 4.78 is 11.8. The normalized spacial score (nSPS) is 16.6. The van der Waals surface area contributed by atoms with Gasteiger partial charge in [0.15, 0.2) is 11.7 Å². The van der Waals surface area contributed by atoms with Crippen molar-refractivity contribution in [3.05, 3.63) is 34.8 Å². The van der Waals surface area contributed by atoms with Crippen LogP contribution in [0, 0.1) is 5.92 Å². The Morgan fingerprint density at radius 1 is 1.27 bits per heavy atom. The van der Waals surface area contributed by atoms with Gasteiger partial charge in [-0.3, -0.25) is 14.2 Å². The Kier molecular flexibility index (Phi) is 5.44. The van der Waals surface area contributed by atoms with Crippen LogP contribution in [0.5, 0.6) is 0 Å². The number of oxazole rings is 1. The van der Waals surface area contributed by atoms with E-state index in [-0.39, 0.29) is 18.9 Å². The maximum absolute atomic E-state index is 12.4. The van der Waals surface area contributed by atoms with Crippen molar-refractivity contribution in [2.24, 2.45) is 5.92 Å². The molecule has 2 aromatic rings. The zero-order valence-corrected chi connectivity index (χ0v) is 15.1. The van der Waals surface area contributed by atoms with E-state index in [0.717, 1.165) is 12.8 Å². The summed E-state index contributed by atoms with van der Waals surface area (Å²) in [5.74, 6) is -0.546. The summed E-state index contributed by atoms with van der Waals surface area (Å²) in [4.78, 5) is 38.1. The van der Waals surface area contributed by atoms with Gasteiger partial charge in [0.05, 0.1) is 11.9 Å². The largest absolute Gasteiger partial charge is 0.452 e. The Hall–Kier alpha value is -2.57. The number of hydrogen-bond donors (Lipinski definition) is 0. The minimum atomic E-state index is -0.811. The quantitative estimate of drug-likeness (QED) is 0.763. The number of para-hydroxylation sites is 2. The van der Waals surface area contributed by atoms with E-state index in [2.05, 4.69) is 6.92 Å². The fraction of sp³-hybridized carbons (Fsp3) is 0.526. The van der Waals surface area contributed by atoms with Crippen molar-refractivity contribution < 1.29 is 18.7 Å². The molecule has 2 heterocycles. The molecule has 0 bridgehead atoms. The van der Waals surface area contributed by atoms with Crippen molar-refractivity contribution in [2.75, 3.05) is 13.1 Å². The summed E-state index contributed by atoms with van der Waals surface area (Å²) >= 11 is 0. The number of hydrogen-bond acceptors (Lipinski definition) is 5. The highest BCUT2D eigenvalue weighted by Crippen LogP contribution is 2.17. The van der Waals surface area contributed by atoms with Gasteiger partial charge < -0.3 is 14.1 Å². The van der Waals surface area contributed by atoms with Gasteiger partial charge in [-0.1, -0.05) is 19.1 Å². The van der Waals surface area contributed by atoms with Gasteiger partial charge in [0.25, 0.3) is 5.91 Å². The van der Waals surface area contributed by atoms with Gasteiger partial charge in [-0.25, -0.2) is 4.79 Å². The molecule has 26 heavy (non-hydrogen) atoms. The number of ether oxygens (including phenoxy) is 1. The second kappa shape index (κ2) is 7.76. The molecule has 0 saturated carbocycles. The number of carbonyl (C=O) groups excluding carboxylic acids is 2. The number of carbonyl (C=O) groups is 2. The number of aryl methyl sites for hydroxylation is 1. The van der Waals surface area contributed by atoms with Gasteiger partial charge in [0.2, 0.25) is 0 Å². The van der Waals surface area contributed by atoms with Crippen LogP contribution in [0.1, 0.15) is 33.1 Å². The molecule has 1 aliphatic heterocycles. The molecule has 0 radical (unpaired) electrons. The van der Waals surface area contributed by atoms with Crippen LogP contribution in [0.4, 0.5) is 0 Å². The third-order valence-electron chi connectivity index (χ3n) is 4.86. The number of fused-ring (bicyclic) bond motifs is 1. The number of aromatic nitrogens is 1. The zero-order valence-electron chi connectivity index (χ0n) is 15.1. The van der Waals surface area contributed by atoms with Crippen LogP contribution < -0.4 is 5.76 Å². The standard InChI is InChI=1S/C19H24N2O5/c1-13-7-10-20(11-8-13)18(23)14(2)25-17(22)9-12-21-15-5-3-4-6-16(15)26-19(21)24/h3-6,13-14H,7-12H2,1-2H3/t14-/m0/s1. The molecule has 1 aromatic carbocycles. The lowest BCUT2D eigenvalue weighted by Crippen LogP contribution is -2.44. The van der Waals surface area contributed by atoms with Crippen LogP contribution in [0.2, 0.25) is 0 Å². The number of rotatable bonds is 5. The smallest absolute Gasteiger partial charge is 0.419 e. The molecule has 0 N–H and O–H groups in total. The summed E-state index contributed by atoms with van der Waals surface area (Å²) in [5, 5.41) is 0. The lowest BCUT2D eigenvalue weighted by Gasteiger charge is -2.31.